The highest BCUT2D eigenvalue weighted by molar-refractivity contribution is 7.92. The van der Waals surface area contributed by atoms with Crippen LogP contribution in [0.3, 0.4) is 0 Å². The Bertz CT molecular complexity index is 825. The fourth-order valence-electron chi connectivity index (χ4n) is 3.04. The molecule has 0 amide bonds. The Labute approximate surface area is 132 Å². The van der Waals surface area contributed by atoms with E-state index in [2.05, 4.69) is 6.07 Å². The van der Waals surface area contributed by atoms with Crippen LogP contribution in [0, 0.1) is 20.8 Å². The molecule has 4 heteroatoms. The van der Waals surface area contributed by atoms with Gasteiger partial charge in [0.05, 0.1) is 10.6 Å². The molecule has 2 aromatic carbocycles. The van der Waals surface area contributed by atoms with Crippen LogP contribution >= 0.6 is 0 Å². The maximum atomic E-state index is 13.1. The largest absolute Gasteiger partial charge is 0.266 e. The monoisotopic (exact) mass is 315 g/mol. The Morgan fingerprint density at radius 1 is 0.955 bits per heavy atom. The standard InChI is InChI=1S/C18H21NO2S/c1-13-7-9-17-16(11-13)5-4-10-19(17)22(20,21)18-12-14(2)6-8-15(18)3/h6-9,11-12H,4-5,10H2,1-3H3. The molecule has 0 aromatic heterocycles. The van der Waals surface area contributed by atoms with Crippen LogP contribution in [-0.2, 0) is 16.4 Å². The molecule has 0 aliphatic carbocycles. The van der Waals surface area contributed by atoms with E-state index in [1.54, 1.807) is 10.4 Å². The van der Waals surface area contributed by atoms with Crippen molar-refractivity contribution in [1.29, 1.82) is 0 Å². The normalized spacial score (nSPS) is 14.8. The van der Waals surface area contributed by atoms with Gasteiger partial charge in [0.15, 0.2) is 0 Å². The van der Waals surface area contributed by atoms with Gasteiger partial charge in [0.1, 0.15) is 0 Å². The van der Waals surface area contributed by atoms with E-state index in [0.29, 0.717) is 11.4 Å². The van der Waals surface area contributed by atoms with Gasteiger partial charge < -0.3 is 0 Å². The van der Waals surface area contributed by atoms with Crippen molar-refractivity contribution in [3.8, 4) is 0 Å². The Balaban J connectivity index is 2.14. The lowest BCUT2D eigenvalue weighted by atomic mass is 10.0. The van der Waals surface area contributed by atoms with Crippen LogP contribution < -0.4 is 4.31 Å². The number of nitrogens with zero attached hydrogens (tertiary/aromatic N) is 1. The van der Waals surface area contributed by atoms with Crippen molar-refractivity contribution < 1.29 is 8.42 Å². The Hall–Kier alpha value is -1.81. The van der Waals surface area contributed by atoms with Crippen LogP contribution in [0.5, 0.6) is 0 Å². The first-order valence-corrected chi connectivity index (χ1v) is 9.03. The van der Waals surface area contributed by atoms with Gasteiger partial charge in [0.2, 0.25) is 0 Å². The van der Waals surface area contributed by atoms with Crippen molar-refractivity contribution in [2.75, 3.05) is 10.8 Å². The van der Waals surface area contributed by atoms with E-state index in [1.165, 1.54) is 5.56 Å². The van der Waals surface area contributed by atoms with Crippen LogP contribution in [0.4, 0.5) is 5.69 Å². The van der Waals surface area contributed by atoms with Crippen molar-refractivity contribution in [1.82, 2.24) is 0 Å². The predicted molar refractivity (Wildman–Crippen MR) is 89.9 cm³/mol. The first kappa shape index (κ1) is 15.1. The zero-order valence-electron chi connectivity index (χ0n) is 13.3. The van der Waals surface area contributed by atoms with Gasteiger partial charge in [-0.15, -0.1) is 0 Å². The molecule has 0 N–H and O–H groups in total. The molecule has 2 aromatic rings. The van der Waals surface area contributed by atoms with Crippen LogP contribution in [0.15, 0.2) is 41.3 Å². The first-order valence-electron chi connectivity index (χ1n) is 7.59. The summed E-state index contributed by atoms with van der Waals surface area (Å²) in [5.41, 5.74) is 4.89. The second-order valence-electron chi connectivity index (χ2n) is 6.08. The lowest BCUT2D eigenvalue weighted by molar-refractivity contribution is 0.586. The summed E-state index contributed by atoms with van der Waals surface area (Å²) in [7, 11) is -3.51. The molecule has 0 unspecified atom stereocenters. The average Bonchev–Trinajstić information content (AvgIpc) is 2.48. The van der Waals surface area contributed by atoms with Gasteiger partial charge in [-0.2, -0.15) is 0 Å². The van der Waals surface area contributed by atoms with Crippen molar-refractivity contribution in [2.24, 2.45) is 0 Å². The summed E-state index contributed by atoms with van der Waals surface area (Å²) in [6.45, 7) is 6.36. The molecule has 0 saturated carbocycles. The minimum Gasteiger partial charge on any atom is -0.266 e. The molecule has 22 heavy (non-hydrogen) atoms. The number of aryl methyl sites for hydroxylation is 4. The minimum atomic E-state index is -3.51. The maximum absolute atomic E-state index is 13.1. The molecule has 0 saturated heterocycles. The zero-order chi connectivity index (χ0) is 15.9. The van der Waals surface area contributed by atoms with Crippen molar-refractivity contribution in [3.63, 3.8) is 0 Å². The number of rotatable bonds is 2. The maximum Gasteiger partial charge on any atom is 0.264 e. The van der Waals surface area contributed by atoms with E-state index < -0.39 is 10.0 Å². The number of sulfonamides is 1. The number of fused-ring (bicyclic) bond motifs is 1. The Morgan fingerprint density at radius 2 is 1.64 bits per heavy atom. The first-order chi connectivity index (χ1) is 10.4. The fraction of sp³-hybridized carbons (Fsp3) is 0.333. The molecule has 1 heterocycles. The van der Waals surface area contributed by atoms with Crippen molar-refractivity contribution in [3.05, 3.63) is 58.7 Å². The highest BCUT2D eigenvalue weighted by atomic mass is 32.2. The molecular weight excluding hydrogens is 294 g/mol. The number of anilines is 1. The summed E-state index contributed by atoms with van der Waals surface area (Å²) in [6.07, 6.45) is 1.80. The second kappa shape index (κ2) is 5.43. The molecule has 0 bridgehead atoms. The van der Waals surface area contributed by atoms with Gasteiger partial charge in [0, 0.05) is 6.54 Å². The van der Waals surface area contributed by atoms with Crippen molar-refractivity contribution >= 4 is 15.7 Å². The molecule has 1 aliphatic rings. The fourth-order valence-corrected chi connectivity index (χ4v) is 4.90. The molecule has 0 atom stereocenters. The van der Waals surface area contributed by atoms with Gasteiger partial charge in [-0.3, -0.25) is 4.31 Å². The number of hydrogen-bond donors (Lipinski definition) is 0. The molecule has 3 rings (SSSR count). The summed E-state index contributed by atoms with van der Waals surface area (Å²) >= 11 is 0. The average molecular weight is 315 g/mol. The quantitative estimate of drug-likeness (QED) is 0.846. The molecule has 3 nitrogen and oxygen atoms in total. The third-order valence-corrected chi connectivity index (χ3v) is 6.18. The van der Waals surface area contributed by atoms with Crippen LogP contribution in [-0.4, -0.2) is 15.0 Å². The molecule has 0 spiro atoms. The lowest BCUT2D eigenvalue weighted by Gasteiger charge is -2.31. The van der Waals surface area contributed by atoms with E-state index in [-0.39, 0.29) is 0 Å². The van der Waals surface area contributed by atoms with E-state index in [4.69, 9.17) is 0 Å². The number of hydrogen-bond acceptors (Lipinski definition) is 2. The molecule has 0 fully saturated rings. The highest BCUT2D eigenvalue weighted by Crippen LogP contribution is 2.33. The molecule has 0 radical (unpaired) electrons. The van der Waals surface area contributed by atoms with Crippen LogP contribution in [0.25, 0.3) is 0 Å². The lowest BCUT2D eigenvalue weighted by Crippen LogP contribution is -2.35. The third kappa shape index (κ3) is 2.52. The van der Waals surface area contributed by atoms with Crippen molar-refractivity contribution in [2.45, 2.75) is 38.5 Å². The van der Waals surface area contributed by atoms with Gasteiger partial charge in [-0.1, -0.05) is 29.8 Å². The van der Waals surface area contributed by atoms with Gasteiger partial charge in [-0.05, 0) is 62.4 Å². The molecule has 1 aliphatic heterocycles. The Morgan fingerprint density at radius 3 is 2.41 bits per heavy atom. The number of benzene rings is 2. The Kier molecular flexibility index (Phi) is 3.73. The van der Waals surface area contributed by atoms with E-state index in [9.17, 15) is 8.42 Å². The third-order valence-electron chi connectivity index (χ3n) is 4.22. The SMILES string of the molecule is Cc1ccc2c(c1)CCCN2S(=O)(=O)c1cc(C)ccc1C. The van der Waals surface area contributed by atoms with E-state index in [1.807, 2.05) is 45.0 Å². The summed E-state index contributed by atoms with van der Waals surface area (Å²) in [5.74, 6) is 0. The minimum absolute atomic E-state index is 0.418. The molecule has 116 valence electrons. The van der Waals surface area contributed by atoms with Gasteiger partial charge in [0.25, 0.3) is 10.0 Å². The second-order valence-corrected chi connectivity index (χ2v) is 7.91. The zero-order valence-corrected chi connectivity index (χ0v) is 14.1. The molecular formula is C18H21NO2S. The van der Waals surface area contributed by atoms with Crippen LogP contribution in [0.1, 0.15) is 28.7 Å². The summed E-state index contributed by atoms with van der Waals surface area (Å²) in [5, 5.41) is 0. The van der Waals surface area contributed by atoms with E-state index in [0.717, 1.165) is 35.2 Å². The summed E-state index contributed by atoms with van der Waals surface area (Å²) < 4.78 is 27.8. The topological polar surface area (TPSA) is 37.4 Å². The predicted octanol–water partition coefficient (Wildman–Crippen LogP) is 3.75. The highest BCUT2D eigenvalue weighted by Gasteiger charge is 2.30. The van der Waals surface area contributed by atoms with Gasteiger partial charge in [-0.25, -0.2) is 8.42 Å². The summed E-state index contributed by atoms with van der Waals surface area (Å²) in [6, 6.07) is 11.6. The van der Waals surface area contributed by atoms with Gasteiger partial charge >= 0.3 is 0 Å². The summed E-state index contributed by atoms with van der Waals surface area (Å²) in [4.78, 5) is 0.418. The van der Waals surface area contributed by atoms with Crippen LogP contribution in [0.2, 0.25) is 0 Å². The van der Waals surface area contributed by atoms with E-state index >= 15 is 0 Å². The smallest absolute Gasteiger partial charge is 0.264 e.